The summed E-state index contributed by atoms with van der Waals surface area (Å²) in [5.41, 5.74) is 2.33. The number of aryl methyl sites for hydroxylation is 1. The van der Waals surface area contributed by atoms with Gasteiger partial charge in [0.1, 0.15) is 6.07 Å². The summed E-state index contributed by atoms with van der Waals surface area (Å²) in [4.78, 5) is 10.2. The molecule has 0 bridgehead atoms. The van der Waals surface area contributed by atoms with Crippen LogP contribution in [-0.2, 0) is 0 Å². The van der Waals surface area contributed by atoms with Crippen molar-refractivity contribution in [1.29, 1.82) is 5.26 Å². The molecule has 6 heteroatoms. The third-order valence-corrected chi connectivity index (χ3v) is 3.03. The first-order valence-corrected chi connectivity index (χ1v) is 6.11. The third kappa shape index (κ3) is 2.87. The molecule has 0 fully saturated rings. The summed E-state index contributed by atoms with van der Waals surface area (Å²) < 4.78 is 0. The lowest BCUT2D eigenvalue weighted by Crippen LogP contribution is -1.97. The molecule has 0 aliphatic carbocycles. The van der Waals surface area contributed by atoms with E-state index in [2.05, 4.69) is 5.32 Å². The maximum absolute atomic E-state index is 10.7. The van der Waals surface area contributed by atoms with Gasteiger partial charge in [0.05, 0.1) is 16.2 Å². The Hall–Kier alpha value is -2.58. The summed E-state index contributed by atoms with van der Waals surface area (Å²) >= 11 is 5.88. The molecule has 2 rings (SSSR count). The summed E-state index contributed by atoms with van der Waals surface area (Å²) in [5, 5.41) is 23.5. The van der Waals surface area contributed by atoms with Gasteiger partial charge in [-0.05, 0) is 36.8 Å². The zero-order valence-corrected chi connectivity index (χ0v) is 11.3. The Morgan fingerprint density at radius 2 is 1.95 bits per heavy atom. The van der Waals surface area contributed by atoms with Crippen LogP contribution < -0.4 is 5.32 Å². The van der Waals surface area contributed by atoms with Crippen LogP contribution in [0.5, 0.6) is 0 Å². The molecule has 20 heavy (non-hydrogen) atoms. The molecule has 0 saturated heterocycles. The number of nitrogens with one attached hydrogen (secondary N) is 1. The third-order valence-electron chi connectivity index (χ3n) is 2.79. The van der Waals surface area contributed by atoms with E-state index in [0.29, 0.717) is 10.7 Å². The Kier molecular flexibility index (Phi) is 3.87. The number of hydrogen-bond acceptors (Lipinski definition) is 4. The van der Waals surface area contributed by atoms with Crippen molar-refractivity contribution in [3.63, 3.8) is 0 Å². The van der Waals surface area contributed by atoms with Crippen molar-refractivity contribution in [2.75, 3.05) is 5.32 Å². The standard InChI is InChI=1S/C14H10ClN3O2/c1-9-6-11(15)2-4-13(9)17-14-5-3-12(18(19)20)7-10(14)8-16/h2-7,17H,1H3. The van der Waals surface area contributed by atoms with Crippen LogP contribution in [0.25, 0.3) is 0 Å². The van der Waals surface area contributed by atoms with E-state index in [4.69, 9.17) is 16.9 Å². The minimum Gasteiger partial charge on any atom is -0.354 e. The highest BCUT2D eigenvalue weighted by Crippen LogP contribution is 2.27. The molecule has 2 aromatic carbocycles. The van der Waals surface area contributed by atoms with Crippen molar-refractivity contribution in [3.8, 4) is 6.07 Å². The van der Waals surface area contributed by atoms with Gasteiger partial charge >= 0.3 is 0 Å². The average molecular weight is 288 g/mol. The highest BCUT2D eigenvalue weighted by atomic mass is 35.5. The van der Waals surface area contributed by atoms with Crippen molar-refractivity contribution in [2.45, 2.75) is 6.92 Å². The molecular formula is C14H10ClN3O2. The first-order chi connectivity index (χ1) is 9.51. The lowest BCUT2D eigenvalue weighted by Gasteiger charge is -2.11. The minimum absolute atomic E-state index is 0.111. The maximum Gasteiger partial charge on any atom is 0.270 e. The van der Waals surface area contributed by atoms with E-state index in [1.807, 2.05) is 13.0 Å². The summed E-state index contributed by atoms with van der Waals surface area (Å²) in [6.45, 7) is 1.88. The van der Waals surface area contributed by atoms with Crippen LogP contribution in [0.3, 0.4) is 0 Å². The number of non-ortho nitro benzene ring substituents is 1. The second kappa shape index (κ2) is 5.59. The quantitative estimate of drug-likeness (QED) is 0.678. The predicted molar refractivity (Wildman–Crippen MR) is 77.3 cm³/mol. The molecule has 2 aromatic rings. The molecule has 0 aromatic heterocycles. The van der Waals surface area contributed by atoms with Crippen molar-refractivity contribution in [3.05, 3.63) is 62.7 Å². The molecule has 0 heterocycles. The minimum atomic E-state index is -0.530. The fourth-order valence-electron chi connectivity index (χ4n) is 1.76. The average Bonchev–Trinajstić information content (AvgIpc) is 2.42. The second-order valence-electron chi connectivity index (χ2n) is 4.18. The van der Waals surface area contributed by atoms with Crippen LogP contribution in [0, 0.1) is 28.4 Å². The van der Waals surface area contributed by atoms with Crippen LogP contribution in [-0.4, -0.2) is 4.92 Å². The van der Waals surface area contributed by atoms with E-state index < -0.39 is 4.92 Å². The van der Waals surface area contributed by atoms with E-state index in [-0.39, 0.29) is 11.3 Å². The van der Waals surface area contributed by atoms with Gasteiger partial charge < -0.3 is 5.32 Å². The normalized spacial score (nSPS) is 9.85. The fraction of sp³-hybridized carbons (Fsp3) is 0.0714. The van der Waals surface area contributed by atoms with Crippen LogP contribution in [0.2, 0.25) is 5.02 Å². The van der Waals surface area contributed by atoms with Crippen LogP contribution in [0.15, 0.2) is 36.4 Å². The SMILES string of the molecule is Cc1cc(Cl)ccc1Nc1ccc([N+](=O)[O-])cc1C#N. The number of rotatable bonds is 3. The second-order valence-corrected chi connectivity index (χ2v) is 4.62. The van der Waals surface area contributed by atoms with Gasteiger partial charge in [0, 0.05) is 22.8 Å². The van der Waals surface area contributed by atoms with E-state index in [1.165, 1.54) is 18.2 Å². The number of benzene rings is 2. The Morgan fingerprint density at radius 1 is 1.25 bits per heavy atom. The molecule has 0 aliphatic rings. The molecule has 5 nitrogen and oxygen atoms in total. The van der Waals surface area contributed by atoms with Gasteiger partial charge in [-0.3, -0.25) is 10.1 Å². The number of halogens is 1. The topological polar surface area (TPSA) is 79.0 Å². The molecule has 0 radical (unpaired) electrons. The van der Waals surface area contributed by atoms with Gasteiger partial charge in [-0.25, -0.2) is 0 Å². The van der Waals surface area contributed by atoms with Gasteiger partial charge in [0.25, 0.3) is 5.69 Å². The van der Waals surface area contributed by atoms with E-state index in [0.717, 1.165) is 11.3 Å². The molecule has 1 N–H and O–H groups in total. The zero-order chi connectivity index (χ0) is 14.7. The molecule has 0 spiro atoms. The number of hydrogen-bond donors (Lipinski definition) is 1. The van der Waals surface area contributed by atoms with Crippen LogP contribution >= 0.6 is 11.6 Å². The van der Waals surface area contributed by atoms with Crippen molar-refractivity contribution >= 4 is 28.7 Å². The number of nitrogens with zero attached hydrogens (tertiary/aromatic N) is 2. The Balaban J connectivity index is 2.39. The summed E-state index contributed by atoms with van der Waals surface area (Å²) in [6.07, 6.45) is 0. The molecule has 0 saturated carbocycles. The number of nitro benzene ring substituents is 1. The number of nitro groups is 1. The first kappa shape index (κ1) is 13.8. The zero-order valence-electron chi connectivity index (χ0n) is 10.6. The van der Waals surface area contributed by atoms with E-state index >= 15 is 0 Å². The summed E-state index contributed by atoms with van der Waals surface area (Å²) in [6, 6.07) is 11.4. The molecular weight excluding hydrogens is 278 g/mol. The van der Waals surface area contributed by atoms with E-state index in [9.17, 15) is 10.1 Å². The van der Waals surface area contributed by atoms with Gasteiger partial charge in [-0.2, -0.15) is 5.26 Å². The molecule has 0 aliphatic heterocycles. The predicted octanol–water partition coefficient (Wildman–Crippen LogP) is 4.17. The van der Waals surface area contributed by atoms with Crippen molar-refractivity contribution in [1.82, 2.24) is 0 Å². The van der Waals surface area contributed by atoms with Crippen molar-refractivity contribution < 1.29 is 4.92 Å². The van der Waals surface area contributed by atoms with Gasteiger partial charge in [-0.15, -0.1) is 0 Å². The maximum atomic E-state index is 10.7. The van der Waals surface area contributed by atoms with Crippen molar-refractivity contribution in [2.24, 2.45) is 0 Å². The largest absolute Gasteiger partial charge is 0.354 e. The molecule has 100 valence electrons. The lowest BCUT2D eigenvalue weighted by molar-refractivity contribution is -0.384. The summed E-state index contributed by atoms with van der Waals surface area (Å²) in [7, 11) is 0. The fourth-order valence-corrected chi connectivity index (χ4v) is 1.99. The van der Waals surface area contributed by atoms with E-state index in [1.54, 1.807) is 18.2 Å². The van der Waals surface area contributed by atoms with Crippen LogP contribution in [0.4, 0.5) is 17.1 Å². The molecule has 0 amide bonds. The van der Waals surface area contributed by atoms with Crippen LogP contribution in [0.1, 0.15) is 11.1 Å². The monoisotopic (exact) mass is 287 g/mol. The van der Waals surface area contributed by atoms with Gasteiger partial charge in [-0.1, -0.05) is 11.6 Å². The highest BCUT2D eigenvalue weighted by Gasteiger charge is 2.11. The first-order valence-electron chi connectivity index (χ1n) is 5.73. The Labute approximate surface area is 120 Å². The van der Waals surface area contributed by atoms with Gasteiger partial charge in [0.2, 0.25) is 0 Å². The smallest absolute Gasteiger partial charge is 0.270 e. The summed E-state index contributed by atoms with van der Waals surface area (Å²) in [5.74, 6) is 0. The Bertz CT molecular complexity index is 723. The van der Waals surface area contributed by atoms with Gasteiger partial charge in [0.15, 0.2) is 0 Å². The lowest BCUT2D eigenvalue weighted by atomic mass is 10.1. The number of anilines is 2. The number of nitriles is 1. The molecule has 0 unspecified atom stereocenters. The molecule has 0 atom stereocenters. The Morgan fingerprint density at radius 3 is 2.55 bits per heavy atom. The highest BCUT2D eigenvalue weighted by molar-refractivity contribution is 6.30.